The van der Waals surface area contributed by atoms with Crippen LogP contribution < -0.4 is 5.32 Å². The molecule has 0 atom stereocenters. The van der Waals surface area contributed by atoms with Gasteiger partial charge in [-0.2, -0.15) is 0 Å². The molecule has 0 aliphatic rings. The van der Waals surface area contributed by atoms with E-state index in [0.717, 1.165) is 17.2 Å². The number of hydrogen-bond acceptors (Lipinski definition) is 4. The molecule has 0 spiro atoms. The highest BCUT2D eigenvalue weighted by atomic mass is 32.2. The number of carbonyl (C=O) groups is 1. The third-order valence-electron chi connectivity index (χ3n) is 2.48. The molecule has 0 aliphatic carbocycles. The highest BCUT2D eigenvalue weighted by Gasteiger charge is 2.09. The van der Waals surface area contributed by atoms with Crippen LogP contribution in [0.5, 0.6) is 0 Å². The van der Waals surface area contributed by atoms with Gasteiger partial charge in [-0.1, -0.05) is 18.2 Å². The van der Waals surface area contributed by atoms with Gasteiger partial charge in [-0.15, -0.1) is 0 Å². The van der Waals surface area contributed by atoms with Gasteiger partial charge in [0.25, 0.3) is 0 Å². The van der Waals surface area contributed by atoms with Crippen LogP contribution in [0.4, 0.5) is 0 Å². The fourth-order valence-corrected chi connectivity index (χ4v) is 2.46. The Morgan fingerprint density at radius 2 is 2.05 bits per heavy atom. The van der Waals surface area contributed by atoms with E-state index in [2.05, 4.69) is 15.3 Å². The summed E-state index contributed by atoms with van der Waals surface area (Å²) in [6, 6.07) is 7.92. The van der Waals surface area contributed by atoms with E-state index in [-0.39, 0.29) is 11.4 Å². The molecule has 0 fully saturated rings. The number of imidazole rings is 1. The highest BCUT2D eigenvalue weighted by Crippen LogP contribution is 2.10. The second kappa shape index (κ2) is 6.16. The zero-order chi connectivity index (χ0) is 14.4. The number of carbonyl (C=O) groups excluding carboxylic acids is 1. The predicted molar refractivity (Wildman–Crippen MR) is 73.2 cm³/mol. The van der Waals surface area contributed by atoms with Crippen molar-refractivity contribution in [3.05, 3.63) is 60.0 Å². The van der Waals surface area contributed by atoms with Gasteiger partial charge in [-0.05, 0) is 12.1 Å². The third kappa shape index (κ3) is 3.79. The molecule has 2 N–H and O–H groups in total. The first-order chi connectivity index (χ1) is 9.58. The molecule has 1 aromatic carbocycles. The number of sulfone groups is 1. The van der Waals surface area contributed by atoms with E-state index < -0.39 is 15.7 Å². The van der Waals surface area contributed by atoms with E-state index >= 15 is 0 Å². The van der Waals surface area contributed by atoms with Crippen molar-refractivity contribution < 1.29 is 13.2 Å². The molecule has 104 valence electrons. The van der Waals surface area contributed by atoms with E-state index in [1.165, 1.54) is 18.5 Å². The van der Waals surface area contributed by atoms with Gasteiger partial charge in [0.1, 0.15) is 0 Å². The summed E-state index contributed by atoms with van der Waals surface area (Å²) in [7, 11) is -3.59. The lowest BCUT2D eigenvalue weighted by Gasteiger charge is -2.00. The van der Waals surface area contributed by atoms with Crippen LogP contribution in [0.25, 0.3) is 0 Å². The smallest absolute Gasteiger partial charge is 0.245 e. The number of aromatic nitrogens is 2. The average molecular weight is 291 g/mol. The van der Waals surface area contributed by atoms with E-state index in [1.807, 2.05) is 0 Å². The summed E-state index contributed by atoms with van der Waals surface area (Å²) >= 11 is 0. The lowest BCUT2D eigenvalue weighted by Crippen LogP contribution is -2.20. The minimum Gasteiger partial charge on any atom is -0.347 e. The summed E-state index contributed by atoms with van der Waals surface area (Å²) in [6.45, 7) is 0.258. The summed E-state index contributed by atoms with van der Waals surface area (Å²) in [6.07, 6.45) is 4.07. The van der Waals surface area contributed by atoms with Crippen molar-refractivity contribution in [3.8, 4) is 0 Å². The molecule has 0 saturated carbocycles. The van der Waals surface area contributed by atoms with Gasteiger partial charge in [0, 0.05) is 17.7 Å². The third-order valence-corrected chi connectivity index (χ3v) is 3.90. The van der Waals surface area contributed by atoms with Crippen LogP contribution >= 0.6 is 0 Å². The lowest BCUT2D eigenvalue weighted by atomic mass is 10.4. The minimum absolute atomic E-state index is 0.151. The molecular formula is C13H13N3O3S. The second-order valence-electron chi connectivity index (χ2n) is 3.96. The van der Waals surface area contributed by atoms with Crippen LogP contribution in [0, 0.1) is 0 Å². The highest BCUT2D eigenvalue weighted by molar-refractivity contribution is 7.94. The number of amides is 1. The molecule has 0 bridgehead atoms. The molecule has 6 nitrogen and oxygen atoms in total. The molecule has 0 saturated heterocycles. The molecule has 0 unspecified atom stereocenters. The molecule has 1 aromatic heterocycles. The number of nitrogens with one attached hydrogen (secondary N) is 2. The van der Waals surface area contributed by atoms with E-state index in [1.54, 1.807) is 24.4 Å². The number of H-pyrrole nitrogens is 1. The Bertz CT molecular complexity index is 692. The summed E-state index contributed by atoms with van der Waals surface area (Å²) in [4.78, 5) is 18.3. The SMILES string of the molecule is O=C(C=CS(=O)(=O)c1ccccc1)NCc1cnc[nH]1. The normalized spacial score (nSPS) is 11.6. The first-order valence-electron chi connectivity index (χ1n) is 5.81. The van der Waals surface area contributed by atoms with Crippen molar-refractivity contribution in [3.63, 3.8) is 0 Å². The molecule has 2 aromatic rings. The standard InChI is InChI=1S/C13H13N3O3S/c17-13(15-9-11-8-14-10-16-11)6-7-20(18,19)12-4-2-1-3-5-12/h1-8,10H,9H2,(H,14,16)(H,15,17). The minimum atomic E-state index is -3.59. The second-order valence-corrected chi connectivity index (χ2v) is 5.79. The van der Waals surface area contributed by atoms with Gasteiger partial charge in [0.2, 0.25) is 5.91 Å². The first kappa shape index (κ1) is 14.0. The Hall–Kier alpha value is -2.41. The summed E-state index contributed by atoms with van der Waals surface area (Å²) < 4.78 is 23.8. The molecule has 0 aliphatic heterocycles. The molecule has 0 radical (unpaired) electrons. The maximum absolute atomic E-state index is 11.9. The molecule has 20 heavy (non-hydrogen) atoms. The van der Waals surface area contributed by atoms with E-state index in [0.29, 0.717) is 0 Å². The van der Waals surface area contributed by atoms with Gasteiger partial charge in [-0.3, -0.25) is 4.79 Å². The largest absolute Gasteiger partial charge is 0.347 e. The average Bonchev–Trinajstić information content (AvgIpc) is 2.97. The summed E-state index contributed by atoms with van der Waals surface area (Å²) in [5.74, 6) is -0.487. The van der Waals surface area contributed by atoms with Gasteiger partial charge >= 0.3 is 0 Å². The lowest BCUT2D eigenvalue weighted by molar-refractivity contribution is -0.116. The van der Waals surface area contributed by atoms with Crippen molar-refractivity contribution in [2.45, 2.75) is 11.4 Å². The van der Waals surface area contributed by atoms with Crippen LogP contribution in [-0.2, 0) is 21.2 Å². The quantitative estimate of drug-likeness (QED) is 0.804. The van der Waals surface area contributed by atoms with Crippen molar-refractivity contribution in [1.29, 1.82) is 0 Å². The van der Waals surface area contributed by atoms with E-state index in [4.69, 9.17) is 0 Å². The Morgan fingerprint density at radius 3 is 2.70 bits per heavy atom. The molecule has 7 heteroatoms. The maximum atomic E-state index is 11.9. The predicted octanol–water partition coefficient (Wildman–Crippen LogP) is 1.01. The van der Waals surface area contributed by atoms with Crippen molar-refractivity contribution in [2.24, 2.45) is 0 Å². The van der Waals surface area contributed by atoms with Gasteiger partial charge in [0.05, 0.1) is 23.5 Å². The number of aromatic amines is 1. The molecule has 1 heterocycles. The summed E-state index contributed by atoms with van der Waals surface area (Å²) in [5.41, 5.74) is 0.734. The number of benzene rings is 1. The van der Waals surface area contributed by atoms with Crippen LogP contribution in [-0.4, -0.2) is 24.3 Å². The number of hydrogen-bond donors (Lipinski definition) is 2. The zero-order valence-electron chi connectivity index (χ0n) is 10.5. The van der Waals surface area contributed by atoms with Crippen molar-refractivity contribution in [2.75, 3.05) is 0 Å². The van der Waals surface area contributed by atoms with Gasteiger partial charge in [-0.25, -0.2) is 13.4 Å². The van der Waals surface area contributed by atoms with Crippen LogP contribution in [0.2, 0.25) is 0 Å². The zero-order valence-corrected chi connectivity index (χ0v) is 11.3. The Kier molecular flexibility index (Phi) is 4.31. The Balaban J connectivity index is 1.96. The molecule has 2 rings (SSSR count). The Morgan fingerprint density at radius 1 is 1.30 bits per heavy atom. The number of rotatable bonds is 5. The first-order valence-corrected chi connectivity index (χ1v) is 7.36. The van der Waals surface area contributed by atoms with Crippen molar-refractivity contribution in [1.82, 2.24) is 15.3 Å². The fraction of sp³-hybridized carbons (Fsp3) is 0.0769. The van der Waals surface area contributed by atoms with Gasteiger partial charge < -0.3 is 10.3 Å². The molecular weight excluding hydrogens is 278 g/mol. The monoisotopic (exact) mass is 291 g/mol. The number of nitrogens with zero attached hydrogens (tertiary/aromatic N) is 1. The van der Waals surface area contributed by atoms with E-state index in [9.17, 15) is 13.2 Å². The van der Waals surface area contributed by atoms with Gasteiger partial charge in [0.15, 0.2) is 9.84 Å². The topological polar surface area (TPSA) is 91.9 Å². The maximum Gasteiger partial charge on any atom is 0.245 e. The van der Waals surface area contributed by atoms with Crippen LogP contribution in [0.3, 0.4) is 0 Å². The van der Waals surface area contributed by atoms with Crippen LogP contribution in [0.1, 0.15) is 5.69 Å². The van der Waals surface area contributed by atoms with Crippen molar-refractivity contribution >= 4 is 15.7 Å². The van der Waals surface area contributed by atoms with Crippen LogP contribution in [0.15, 0.2) is 59.2 Å². The fourth-order valence-electron chi connectivity index (χ4n) is 1.46. The summed E-state index contributed by atoms with van der Waals surface area (Å²) in [5, 5.41) is 3.44. The Labute approximate surface area is 116 Å². The molecule has 1 amide bonds.